The number of piperidine rings is 1. The first kappa shape index (κ1) is 14.4. The van der Waals surface area contributed by atoms with Gasteiger partial charge in [-0.1, -0.05) is 6.92 Å². The maximum Gasteiger partial charge on any atom is 0.238 e. The van der Waals surface area contributed by atoms with E-state index in [9.17, 15) is 9.59 Å². The third kappa shape index (κ3) is 2.63. The highest BCUT2D eigenvalue weighted by Gasteiger charge is 2.59. The highest BCUT2D eigenvalue weighted by molar-refractivity contribution is 6.07. The SMILES string of the molecule is CCN(CC)C(=O)C1(C(=O)N2CCC(C)CC2)CC1. The van der Waals surface area contributed by atoms with Crippen LogP contribution in [0.2, 0.25) is 0 Å². The molecule has 0 N–H and O–H groups in total. The van der Waals surface area contributed by atoms with Gasteiger partial charge in [0.15, 0.2) is 0 Å². The van der Waals surface area contributed by atoms with Gasteiger partial charge in [0.25, 0.3) is 0 Å². The molecule has 0 spiro atoms. The van der Waals surface area contributed by atoms with E-state index in [0.717, 1.165) is 38.8 Å². The zero-order valence-electron chi connectivity index (χ0n) is 12.4. The lowest BCUT2D eigenvalue weighted by atomic mass is 9.96. The van der Waals surface area contributed by atoms with Crippen LogP contribution in [0.5, 0.6) is 0 Å². The number of hydrogen-bond donors (Lipinski definition) is 0. The van der Waals surface area contributed by atoms with Gasteiger partial charge in [-0.25, -0.2) is 0 Å². The summed E-state index contributed by atoms with van der Waals surface area (Å²) < 4.78 is 0. The standard InChI is InChI=1S/C15H26N2O2/c1-4-16(5-2)13(18)15(8-9-15)14(19)17-10-6-12(3)7-11-17/h12H,4-11H2,1-3H3. The molecule has 0 unspecified atom stereocenters. The quantitative estimate of drug-likeness (QED) is 0.729. The average molecular weight is 266 g/mol. The van der Waals surface area contributed by atoms with E-state index in [4.69, 9.17) is 0 Å². The lowest BCUT2D eigenvalue weighted by Crippen LogP contribution is -2.48. The van der Waals surface area contributed by atoms with Crippen LogP contribution >= 0.6 is 0 Å². The summed E-state index contributed by atoms with van der Waals surface area (Å²) in [6, 6.07) is 0. The predicted molar refractivity (Wildman–Crippen MR) is 74.6 cm³/mol. The zero-order chi connectivity index (χ0) is 14.0. The molecule has 19 heavy (non-hydrogen) atoms. The Balaban J connectivity index is 2.03. The summed E-state index contributed by atoms with van der Waals surface area (Å²) in [5.41, 5.74) is -0.688. The minimum absolute atomic E-state index is 0.0566. The van der Waals surface area contributed by atoms with Crippen molar-refractivity contribution < 1.29 is 9.59 Å². The van der Waals surface area contributed by atoms with Gasteiger partial charge in [0.2, 0.25) is 11.8 Å². The van der Waals surface area contributed by atoms with Crippen molar-refractivity contribution in [3.8, 4) is 0 Å². The molecule has 0 atom stereocenters. The number of amides is 2. The molecule has 4 nitrogen and oxygen atoms in total. The molecule has 1 saturated carbocycles. The second-order valence-corrected chi connectivity index (χ2v) is 6.03. The number of hydrogen-bond acceptors (Lipinski definition) is 2. The Bertz CT molecular complexity index is 351. The molecule has 0 aromatic rings. The normalized spacial score (nSPS) is 22.2. The maximum absolute atomic E-state index is 12.6. The van der Waals surface area contributed by atoms with Crippen molar-refractivity contribution in [2.24, 2.45) is 11.3 Å². The summed E-state index contributed by atoms with van der Waals surface area (Å²) in [6.07, 6.45) is 3.63. The Morgan fingerprint density at radius 2 is 1.68 bits per heavy atom. The van der Waals surface area contributed by atoms with E-state index >= 15 is 0 Å². The Kier molecular flexibility index (Phi) is 4.16. The second-order valence-electron chi connectivity index (χ2n) is 6.03. The molecule has 0 bridgehead atoms. The van der Waals surface area contributed by atoms with Gasteiger partial charge < -0.3 is 9.80 Å². The summed E-state index contributed by atoms with van der Waals surface area (Å²) in [4.78, 5) is 28.9. The molecule has 0 aromatic heterocycles. The van der Waals surface area contributed by atoms with Crippen molar-refractivity contribution in [1.29, 1.82) is 0 Å². The van der Waals surface area contributed by atoms with Crippen LogP contribution in [0.15, 0.2) is 0 Å². The fourth-order valence-corrected chi connectivity index (χ4v) is 2.97. The lowest BCUT2D eigenvalue weighted by molar-refractivity contribution is -0.150. The molecule has 4 heteroatoms. The summed E-state index contributed by atoms with van der Waals surface area (Å²) in [7, 11) is 0. The highest BCUT2D eigenvalue weighted by atomic mass is 16.2. The first-order valence-electron chi connectivity index (χ1n) is 7.64. The van der Waals surface area contributed by atoms with Gasteiger partial charge in [-0.15, -0.1) is 0 Å². The molecule has 1 aliphatic carbocycles. The van der Waals surface area contributed by atoms with Gasteiger partial charge in [-0.2, -0.15) is 0 Å². The third-order valence-corrected chi connectivity index (χ3v) is 4.69. The van der Waals surface area contributed by atoms with Gasteiger partial charge in [0.1, 0.15) is 5.41 Å². The first-order chi connectivity index (χ1) is 9.05. The minimum atomic E-state index is -0.688. The van der Waals surface area contributed by atoms with Crippen LogP contribution in [-0.4, -0.2) is 47.8 Å². The van der Waals surface area contributed by atoms with Gasteiger partial charge in [-0.05, 0) is 45.4 Å². The van der Waals surface area contributed by atoms with Crippen molar-refractivity contribution in [2.45, 2.75) is 46.5 Å². The van der Waals surface area contributed by atoms with Crippen molar-refractivity contribution in [3.63, 3.8) is 0 Å². The van der Waals surface area contributed by atoms with E-state index in [1.54, 1.807) is 4.90 Å². The average Bonchev–Trinajstić information content (AvgIpc) is 3.21. The Morgan fingerprint density at radius 1 is 1.16 bits per heavy atom. The van der Waals surface area contributed by atoms with Crippen LogP contribution in [0, 0.1) is 11.3 Å². The van der Waals surface area contributed by atoms with Crippen LogP contribution in [-0.2, 0) is 9.59 Å². The molecular weight excluding hydrogens is 240 g/mol. The number of carbonyl (C=O) groups excluding carboxylic acids is 2. The van der Waals surface area contributed by atoms with Crippen LogP contribution in [0.4, 0.5) is 0 Å². The van der Waals surface area contributed by atoms with Crippen molar-refractivity contribution in [2.75, 3.05) is 26.2 Å². The first-order valence-corrected chi connectivity index (χ1v) is 7.64. The molecular formula is C15H26N2O2. The molecule has 2 rings (SSSR count). The van der Waals surface area contributed by atoms with E-state index in [-0.39, 0.29) is 11.8 Å². The topological polar surface area (TPSA) is 40.6 Å². The molecule has 2 fully saturated rings. The van der Waals surface area contributed by atoms with E-state index < -0.39 is 5.41 Å². The molecule has 1 heterocycles. The maximum atomic E-state index is 12.6. The largest absolute Gasteiger partial charge is 0.342 e. The van der Waals surface area contributed by atoms with Crippen LogP contribution in [0.3, 0.4) is 0 Å². The smallest absolute Gasteiger partial charge is 0.238 e. The van der Waals surface area contributed by atoms with Crippen molar-refractivity contribution in [1.82, 2.24) is 9.80 Å². The van der Waals surface area contributed by atoms with E-state index in [0.29, 0.717) is 19.0 Å². The molecule has 0 radical (unpaired) electrons. The van der Waals surface area contributed by atoms with Crippen LogP contribution < -0.4 is 0 Å². The van der Waals surface area contributed by atoms with Crippen molar-refractivity contribution in [3.05, 3.63) is 0 Å². The van der Waals surface area contributed by atoms with Gasteiger partial charge in [-0.3, -0.25) is 9.59 Å². The summed E-state index contributed by atoms with van der Waals surface area (Å²) >= 11 is 0. The minimum Gasteiger partial charge on any atom is -0.342 e. The molecule has 2 amide bonds. The fraction of sp³-hybridized carbons (Fsp3) is 0.867. The lowest BCUT2D eigenvalue weighted by Gasteiger charge is -2.34. The van der Waals surface area contributed by atoms with E-state index in [1.807, 2.05) is 18.7 Å². The Labute approximate surface area is 116 Å². The van der Waals surface area contributed by atoms with Crippen LogP contribution in [0.25, 0.3) is 0 Å². The van der Waals surface area contributed by atoms with Gasteiger partial charge >= 0.3 is 0 Å². The monoisotopic (exact) mass is 266 g/mol. The third-order valence-electron chi connectivity index (χ3n) is 4.69. The fourth-order valence-electron chi connectivity index (χ4n) is 2.97. The number of carbonyl (C=O) groups is 2. The highest BCUT2D eigenvalue weighted by Crippen LogP contribution is 2.49. The van der Waals surface area contributed by atoms with Crippen molar-refractivity contribution >= 4 is 11.8 Å². The van der Waals surface area contributed by atoms with Crippen LogP contribution in [0.1, 0.15) is 46.5 Å². The summed E-state index contributed by atoms with van der Waals surface area (Å²) in [5.74, 6) is 0.857. The molecule has 0 aromatic carbocycles. The Morgan fingerprint density at radius 3 is 2.11 bits per heavy atom. The molecule has 108 valence electrons. The predicted octanol–water partition coefficient (Wildman–Crippen LogP) is 1.89. The number of likely N-dealkylation sites (tertiary alicyclic amines) is 1. The summed E-state index contributed by atoms with van der Waals surface area (Å²) in [5, 5.41) is 0. The second kappa shape index (κ2) is 5.51. The summed E-state index contributed by atoms with van der Waals surface area (Å²) in [6.45, 7) is 9.23. The van der Waals surface area contributed by atoms with E-state index in [1.165, 1.54) is 0 Å². The number of rotatable bonds is 4. The zero-order valence-corrected chi connectivity index (χ0v) is 12.4. The molecule has 2 aliphatic rings. The van der Waals surface area contributed by atoms with Gasteiger partial charge in [0, 0.05) is 26.2 Å². The van der Waals surface area contributed by atoms with Gasteiger partial charge in [0.05, 0.1) is 0 Å². The number of nitrogens with zero attached hydrogens (tertiary/aromatic N) is 2. The van der Waals surface area contributed by atoms with E-state index in [2.05, 4.69) is 6.92 Å². The molecule has 1 aliphatic heterocycles. The molecule has 1 saturated heterocycles. The Hall–Kier alpha value is -1.06.